The molecular formula is C24H27FN4O2. The van der Waals surface area contributed by atoms with Gasteiger partial charge in [0.1, 0.15) is 5.82 Å². The molecule has 1 amide bonds. The minimum atomic E-state index is -0.639. The van der Waals surface area contributed by atoms with Gasteiger partial charge in [-0.15, -0.1) is 0 Å². The zero-order valence-corrected chi connectivity index (χ0v) is 17.3. The highest BCUT2D eigenvalue weighted by Gasteiger charge is 2.32. The lowest BCUT2D eigenvalue weighted by atomic mass is 9.93. The van der Waals surface area contributed by atoms with Crippen molar-refractivity contribution in [2.75, 3.05) is 13.1 Å². The summed E-state index contributed by atoms with van der Waals surface area (Å²) in [5.41, 5.74) is 3.32. The van der Waals surface area contributed by atoms with Gasteiger partial charge < -0.3 is 10.4 Å². The van der Waals surface area contributed by atoms with E-state index in [4.69, 9.17) is 0 Å². The Morgan fingerprint density at radius 3 is 2.65 bits per heavy atom. The lowest BCUT2D eigenvalue weighted by molar-refractivity contribution is -0.127. The minimum Gasteiger partial charge on any atom is -0.390 e. The van der Waals surface area contributed by atoms with Crippen LogP contribution < -0.4 is 5.32 Å². The van der Waals surface area contributed by atoms with E-state index in [1.165, 1.54) is 23.3 Å². The molecule has 7 heteroatoms. The van der Waals surface area contributed by atoms with Gasteiger partial charge in [-0.3, -0.25) is 14.4 Å². The first-order valence-electron chi connectivity index (χ1n) is 10.6. The number of aliphatic hydroxyl groups excluding tert-OH is 1. The fourth-order valence-electron chi connectivity index (χ4n) is 4.08. The SMILES string of the molecule is O=C(NCCc1ccc(F)cc1)[C@H]1Cc2ccccc2CN1C[C@H](O)Cn1cccn1. The van der Waals surface area contributed by atoms with Crippen molar-refractivity contribution in [3.8, 4) is 0 Å². The molecule has 0 radical (unpaired) electrons. The second-order valence-electron chi connectivity index (χ2n) is 7.97. The number of hydrogen-bond donors (Lipinski definition) is 2. The molecule has 2 atom stereocenters. The highest BCUT2D eigenvalue weighted by atomic mass is 19.1. The molecule has 0 fully saturated rings. The van der Waals surface area contributed by atoms with E-state index < -0.39 is 6.10 Å². The van der Waals surface area contributed by atoms with Crippen LogP contribution in [-0.2, 0) is 30.7 Å². The Bertz CT molecular complexity index is 991. The summed E-state index contributed by atoms with van der Waals surface area (Å²) in [7, 11) is 0. The highest BCUT2D eigenvalue weighted by molar-refractivity contribution is 5.82. The number of aromatic nitrogens is 2. The molecule has 2 aromatic carbocycles. The van der Waals surface area contributed by atoms with E-state index >= 15 is 0 Å². The Labute approximate surface area is 181 Å². The highest BCUT2D eigenvalue weighted by Crippen LogP contribution is 2.24. The normalized spacial score (nSPS) is 17.2. The van der Waals surface area contributed by atoms with Crippen LogP contribution in [0.25, 0.3) is 0 Å². The molecule has 2 N–H and O–H groups in total. The molecule has 1 aliphatic rings. The number of nitrogens with one attached hydrogen (secondary N) is 1. The second kappa shape index (κ2) is 9.85. The third kappa shape index (κ3) is 5.57. The molecule has 6 nitrogen and oxygen atoms in total. The smallest absolute Gasteiger partial charge is 0.237 e. The van der Waals surface area contributed by atoms with Gasteiger partial charge in [0.05, 0.1) is 18.7 Å². The van der Waals surface area contributed by atoms with Gasteiger partial charge in [0.25, 0.3) is 0 Å². The van der Waals surface area contributed by atoms with Crippen molar-refractivity contribution in [2.24, 2.45) is 0 Å². The number of benzene rings is 2. The summed E-state index contributed by atoms with van der Waals surface area (Å²) < 4.78 is 14.8. The molecule has 3 aromatic rings. The fourth-order valence-corrected chi connectivity index (χ4v) is 4.08. The van der Waals surface area contributed by atoms with Crippen molar-refractivity contribution in [2.45, 2.75) is 38.1 Å². The predicted octanol–water partition coefficient (Wildman–Crippen LogP) is 2.17. The topological polar surface area (TPSA) is 70.4 Å². The summed E-state index contributed by atoms with van der Waals surface area (Å²) in [6.07, 6.45) is 4.10. The molecule has 0 unspecified atom stereocenters. The number of nitrogens with zero attached hydrogens (tertiary/aromatic N) is 3. The summed E-state index contributed by atoms with van der Waals surface area (Å²) in [6.45, 7) is 1.85. The lowest BCUT2D eigenvalue weighted by Gasteiger charge is -2.37. The molecule has 0 saturated heterocycles. The number of amides is 1. The predicted molar refractivity (Wildman–Crippen MR) is 116 cm³/mol. The van der Waals surface area contributed by atoms with Gasteiger partial charge in [0, 0.05) is 32.0 Å². The minimum absolute atomic E-state index is 0.0529. The molecule has 0 bridgehead atoms. The van der Waals surface area contributed by atoms with E-state index in [0.29, 0.717) is 39.0 Å². The number of rotatable bonds is 8. The molecule has 4 rings (SSSR count). The third-order valence-corrected chi connectivity index (χ3v) is 5.68. The first-order chi connectivity index (χ1) is 15.1. The molecule has 1 aliphatic heterocycles. The maximum Gasteiger partial charge on any atom is 0.237 e. The van der Waals surface area contributed by atoms with E-state index in [0.717, 1.165) is 5.56 Å². The maximum atomic E-state index is 13.1. The van der Waals surface area contributed by atoms with Gasteiger partial charge in [-0.05, 0) is 47.7 Å². The van der Waals surface area contributed by atoms with Gasteiger partial charge in [-0.1, -0.05) is 36.4 Å². The quantitative estimate of drug-likeness (QED) is 0.584. The molecule has 0 spiro atoms. The van der Waals surface area contributed by atoms with Gasteiger partial charge in [0.15, 0.2) is 0 Å². The molecule has 0 aliphatic carbocycles. The van der Waals surface area contributed by atoms with Crippen LogP contribution in [0.2, 0.25) is 0 Å². The molecule has 0 saturated carbocycles. The standard InChI is InChI=1S/C24H27FN4O2/c25-21-8-6-18(7-9-21)10-12-26-24(31)23-14-19-4-1-2-5-20(19)15-28(23)16-22(30)17-29-13-3-11-27-29/h1-9,11,13,22-23,30H,10,12,14-17H2,(H,26,31)/t22-,23+/m0/s1. The molecule has 2 heterocycles. The van der Waals surface area contributed by atoms with Crippen LogP contribution >= 0.6 is 0 Å². The van der Waals surface area contributed by atoms with Crippen molar-refractivity contribution in [3.05, 3.63) is 89.5 Å². The number of fused-ring (bicyclic) bond motifs is 1. The Hall–Kier alpha value is -3.03. The Morgan fingerprint density at radius 2 is 1.90 bits per heavy atom. The molecule has 31 heavy (non-hydrogen) atoms. The number of aliphatic hydroxyl groups is 1. The van der Waals surface area contributed by atoms with Crippen LogP contribution in [0.1, 0.15) is 16.7 Å². The Morgan fingerprint density at radius 1 is 1.13 bits per heavy atom. The molecule has 1 aromatic heterocycles. The van der Waals surface area contributed by atoms with E-state index in [1.54, 1.807) is 23.0 Å². The first kappa shape index (κ1) is 21.2. The van der Waals surface area contributed by atoms with Gasteiger partial charge in [-0.25, -0.2) is 4.39 Å². The zero-order valence-electron chi connectivity index (χ0n) is 17.3. The second-order valence-corrected chi connectivity index (χ2v) is 7.97. The van der Waals surface area contributed by atoms with E-state index in [1.807, 2.05) is 29.3 Å². The van der Waals surface area contributed by atoms with Crippen LogP contribution in [0.5, 0.6) is 0 Å². The van der Waals surface area contributed by atoms with Crippen molar-refractivity contribution < 1.29 is 14.3 Å². The van der Waals surface area contributed by atoms with Crippen molar-refractivity contribution in [3.63, 3.8) is 0 Å². The fraction of sp³-hybridized carbons (Fsp3) is 0.333. The van der Waals surface area contributed by atoms with E-state index in [-0.39, 0.29) is 17.8 Å². The monoisotopic (exact) mass is 422 g/mol. The summed E-state index contributed by atoms with van der Waals surface area (Å²) in [5, 5.41) is 17.8. The summed E-state index contributed by atoms with van der Waals surface area (Å²) in [6, 6.07) is 15.9. The summed E-state index contributed by atoms with van der Waals surface area (Å²) >= 11 is 0. The van der Waals surface area contributed by atoms with Crippen LogP contribution in [0.15, 0.2) is 67.0 Å². The molecular weight excluding hydrogens is 395 g/mol. The Kier molecular flexibility index (Phi) is 6.74. The number of halogens is 1. The zero-order chi connectivity index (χ0) is 21.6. The van der Waals surface area contributed by atoms with Crippen molar-refractivity contribution >= 4 is 5.91 Å². The largest absolute Gasteiger partial charge is 0.390 e. The summed E-state index contributed by atoms with van der Waals surface area (Å²) in [4.78, 5) is 15.1. The van der Waals surface area contributed by atoms with Gasteiger partial charge >= 0.3 is 0 Å². The number of hydrogen-bond acceptors (Lipinski definition) is 4. The van der Waals surface area contributed by atoms with Gasteiger partial charge in [0.2, 0.25) is 5.91 Å². The van der Waals surface area contributed by atoms with Crippen LogP contribution in [-0.4, -0.2) is 50.9 Å². The van der Waals surface area contributed by atoms with Crippen LogP contribution in [0, 0.1) is 5.82 Å². The van der Waals surface area contributed by atoms with Crippen molar-refractivity contribution in [1.82, 2.24) is 20.0 Å². The first-order valence-corrected chi connectivity index (χ1v) is 10.6. The maximum absolute atomic E-state index is 13.1. The van der Waals surface area contributed by atoms with Crippen LogP contribution in [0.4, 0.5) is 4.39 Å². The average Bonchev–Trinajstić information content (AvgIpc) is 3.27. The number of carbonyl (C=O) groups is 1. The van der Waals surface area contributed by atoms with E-state index in [2.05, 4.69) is 22.5 Å². The lowest BCUT2D eigenvalue weighted by Crippen LogP contribution is -2.52. The summed E-state index contributed by atoms with van der Waals surface area (Å²) in [5.74, 6) is -0.319. The third-order valence-electron chi connectivity index (χ3n) is 5.68. The van der Waals surface area contributed by atoms with Crippen molar-refractivity contribution in [1.29, 1.82) is 0 Å². The van der Waals surface area contributed by atoms with Crippen LogP contribution in [0.3, 0.4) is 0 Å². The Balaban J connectivity index is 1.40. The van der Waals surface area contributed by atoms with Gasteiger partial charge in [-0.2, -0.15) is 5.10 Å². The molecule has 162 valence electrons. The number of carbonyl (C=O) groups excluding carboxylic acids is 1. The number of β-amino-alcohol motifs (C(OH)–C–C–N with tert-alkyl or cyclic N) is 1. The van der Waals surface area contributed by atoms with E-state index in [9.17, 15) is 14.3 Å². The average molecular weight is 423 g/mol.